The van der Waals surface area contributed by atoms with Gasteiger partial charge in [0, 0.05) is 11.0 Å². The molecule has 0 aromatic heterocycles. The van der Waals surface area contributed by atoms with Gasteiger partial charge in [-0.25, -0.2) is 0 Å². The molecule has 0 aliphatic heterocycles. The summed E-state index contributed by atoms with van der Waals surface area (Å²) in [5.41, 5.74) is 0.946. The maximum atomic E-state index is 10.6. The molecule has 1 aromatic carbocycles. The smallest absolute Gasteiger partial charge is 0.150 e. The van der Waals surface area contributed by atoms with Gasteiger partial charge in [0.05, 0.1) is 0 Å². The van der Waals surface area contributed by atoms with E-state index in [1.807, 2.05) is 12.1 Å². The van der Waals surface area contributed by atoms with Crippen LogP contribution in [0, 0.1) is 5.41 Å². The van der Waals surface area contributed by atoms with E-state index >= 15 is 0 Å². The third-order valence-electron chi connectivity index (χ3n) is 3.70. The fraction of sp³-hybridized carbons (Fsp3) is 0.533. The van der Waals surface area contributed by atoms with Crippen molar-refractivity contribution in [3.63, 3.8) is 0 Å². The van der Waals surface area contributed by atoms with E-state index in [0.717, 1.165) is 18.5 Å². The van der Waals surface area contributed by atoms with Crippen LogP contribution in [0.15, 0.2) is 24.3 Å². The van der Waals surface area contributed by atoms with Crippen molar-refractivity contribution in [2.45, 2.75) is 45.6 Å². The van der Waals surface area contributed by atoms with Crippen molar-refractivity contribution >= 4 is 6.29 Å². The molecule has 0 bridgehead atoms. The van der Waals surface area contributed by atoms with E-state index < -0.39 is 0 Å². The predicted octanol–water partition coefficient (Wildman–Crippen LogP) is 3.85. The summed E-state index contributed by atoms with van der Waals surface area (Å²) in [6.45, 7) is 4.55. The number of carbonyl (C=O) groups is 1. The van der Waals surface area contributed by atoms with Crippen molar-refractivity contribution in [1.82, 2.24) is 0 Å². The molecule has 1 saturated carbocycles. The summed E-state index contributed by atoms with van der Waals surface area (Å²) in [4.78, 5) is 10.6. The Kier molecular flexibility index (Phi) is 3.51. The van der Waals surface area contributed by atoms with Gasteiger partial charge in [0.15, 0.2) is 0 Å². The molecule has 0 N–H and O–H groups in total. The molecule has 0 heterocycles. The molecule has 17 heavy (non-hydrogen) atoms. The number of hydrogen-bond acceptors (Lipinski definition) is 2. The highest BCUT2D eigenvalue weighted by Gasteiger charge is 2.33. The van der Waals surface area contributed by atoms with E-state index in [1.165, 1.54) is 19.3 Å². The summed E-state index contributed by atoms with van der Waals surface area (Å²) in [6.07, 6.45) is 6.05. The molecule has 0 spiro atoms. The lowest BCUT2D eigenvalue weighted by Crippen LogP contribution is -2.37. The molecule has 0 saturated heterocycles. The molecular weight excluding hydrogens is 212 g/mol. The second-order valence-electron chi connectivity index (χ2n) is 5.53. The topological polar surface area (TPSA) is 26.3 Å². The number of hydrogen-bond donors (Lipinski definition) is 0. The molecule has 1 aliphatic rings. The normalized spacial score (nSPS) is 23.1. The fourth-order valence-electron chi connectivity index (χ4n) is 2.47. The maximum Gasteiger partial charge on any atom is 0.150 e. The molecule has 1 aromatic rings. The van der Waals surface area contributed by atoms with E-state index in [0.29, 0.717) is 11.7 Å². The van der Waals surface area contributed by atoms with Gasteiger partial charge in [0.25, 0.3) is 0 Å². The van der Waals surface area contributed by atoms with Crippen molar-refractivity contribution in [2.24, 2.45) is 5.41 Å². The number of ether oxygens (including phenoxy) is 1. The Balaban J connectivity index is 2.06. The first kappa shape index (κ1) is 12.2. The third-order valence-corrected chi connectivity index (χ3v) is 3.70. The van der Waals surface area contributed by atoms with Crippen LogP contribution in [0.1, 0.15) is 49.9 Å². The van der Waals surface area contributed by atoms with Gasteiger partial charge in [0.1, 0.15) is 18.1 Å². The van der Waals surface area contributed by atoms with Gasteiger partial charge in [-0.05, 0) is 43.5 Å². The summed E-state index contributed by atoms with van der Waals surface area (Å²) in [5.74, 6) is 0.871. The standard InChI is InChI=1S/C15H20O2/c1-15(2)10-4-3-5-14(15)17-13-8-6-12(11-16)7-9-13/h6-9,11,14H,3-5,10H2,1-2H3/t14-/m0/s1. The van der Waals surface area contributed by atoms with Gasteiger partial charge in [-0.15, -0.1) is 0 Å². The summed E-state index contributed by atoms with van der Waals surface area (Å²) >= 11 is 0. The van der Waals surface area contributed by atoms with Crippen LogP contribution < -0.4 is 4.74 Å². The largest absolute Gasteiger partial charge is 0.490 e. The van der Waals surface area contributed by atoms with E-state index in [4.69, 9.17) is 4.74 Å². The van der Waals surface area contributed by atoms with Crippen molar-refractivity contribution in [3.05, 3.63) is 29.8 Å². The maximum absolute atomic E-state index is 10.6. The molecule has 2 rings (SSSR count). The van der Waals surface area contributed by atoms with Crippen molar-refractivity contribution < 1.29 is 9.53 Å². The lowest BCUT2D eigenvalue weighted by molar-refractivity contribution is 0.0339. The van der Waals surface area contributed by atoms with Crippen LogP contribution in [0.25, 0.3) is 0 Å². The van der Waals surface area contributed by atoms with Crippen LogP contribution in [-0.4, -0.2) is 12.4 Å². The van der Waals surface area contributed by atoms with Crippen LogP contribution in [0.5, 0.6) is 5.75 Å². The Morgan fingerprint density at radius 3 is 2.53 bits per heavy atom. The van der Waals surface area contributed by atoms with Gasteiger partial charge in [-0.2, -0.15) is 0 Å². The Labute approximate surface area is 103 Å². The van der Waals surface area contributed by atoms with Crippen molar-refractivity contribution in [2.75, 3.05) is 0 Å². The van der Waals surface area contributed by atoms with Crippen LogP contribution in [0.2, 0.25) is 0 Å². The van der Waals surface area contributed by atoms with E-state index in [2.05, 4.69) is 13.8 Å². The molecule has 2 nitrogen and oxygen atoms in total. The van der Waals surface area contributed by atoms with Crippen LogP contribution in [0.4, 0.5) is 0 Å². The van der Waals surface area contributed by atoms with Gasteiger partial charge in [0.2, 0.25) is 0 Å². The molecular formula is C15H20O2. The molecule has 2 heteroatoms. The highest BCUT2D eigenvalue weighted by atomic mass is 16.5. The van der Waals surface area contributed by atoms with Gasteiger partial charge < -0.3 is 4.74 Å². The van der Waals surface area contributed by atoms with E-state index in [9.17, 15) is 4.79 Å². The van der Waals surface area contributed by atoms with Crippen LogP contribution in [-0.2, 0) is 0 Å². The first-order chi connectivity index (χ1) is 8.12. The first-order valence-electron chi connectivity index (χ1n) is 6.34. The molecule has 0 unspecified atom stereocenters. The van der Waals surface area contributed by atoms with Crippen molar-refractivity contribution in [3.8, 4) is 5.75 Å². The number of benzene rings is 1. The Morgan fingerprint density at radius 1 is 1.24 bits per heavy atom. The van der Waals surface area contributed by atoms with E-state index in [1.54, 1.807) is 12.1 Å². The molecule has 0 amide bonds. The number of carbonyl (C=O) groups excluding carboxylic acids is 1. The number of aldehydes is 1. The third kappa shape index (κ3) is 2.87. The molecule has 0 radical (unpaired) electrons. The average molecular weight is 232 g/mol. The van der Waals surface area contributed by atoms with Crippen molar-refractivity contribution in [1.29, 1.82) is 0 Å². The van der Waals surface area contributed by atoms with Crippen LogP contribution >= 0.6 is 0 Å². The molecule has 92 valence electrons. The molecule has 1 aliphatic carbocycles. The quantitative estimate of drug-likeness (QED) is 0.740. The Morgan fingerprint density at radius 2 is 1.94 bits per heavy atom. The monoisotopic (exact) mass is 232 g/mol. The minimum Gasteiger partial charge on any atom is -0.490 e. The Bertz CT molecular complexity index is 378. The van der Waals surface area contributed by atoms with Gasteiger partial charge >= 0.3 is 0 Å². The summed E-state index contributed by atoms with van der Waals surface area (Å²) < 4.78 is 6.05. The fourth-order valence-corrected chi connectivity index (χ4v) is 2.47. The van der Waals surface area contributed by atoms with Gasteiger partial charge in [-0.1, -0.05) is 20.3 Å². The highest BCUT2D eigenvalue weighted by molar-refractivity contribution is 5.74. The molecule has 1 fully saturated rings. The predicted molar refractivity (Wildman–Crippen MR) is 68.5 cm³/mol. The highest BCUT2D eigenvalue weighted by Crippen LogP contribution is 2.37. The zero-order chi connectivity index (χ0) is 12.3. The lowest BCUT2D eigenvalue weighted by atomic mass is 9.75. The number of rotatable bonds is 3. The zero-order valence-corrected chi connectivity index (χ0v) is 10.6. The van der Waals surface area contributed by atoms with Gasteiger partial charge in [-0.3, -0.25) is 4.79 Å². The Hall–Kier alpha value is -1.31. The minimum absolute atomic E-state index is 0.252. The summed E-state index contributed by atoms with van der Waals surface area (Å²) in [7, 11) is 0. The minimum atomic E-state index is 0.252. The SMILES string of the molecule is CC1(C)CCCC[C@@H]1Oc1ccc(C=O)cc1. The first-order valence-corrected chi connectivity index (χ1v) is 6.34. The van der Waals surface area contributed by atoms with Crippen LogP contribution in [0.3, 0.4) is 0 Å². The molecule has 1 atom stereocenters. The lowest BCUT2D eigenvalue weighted by Gasteiger charge is -2.38. The average Bonchev–Trinajstić information content (AvgIpc) is 2.33. The second kappa shape index (κ2) is 4.91. The van der Waals surface area contributed by atoms with E-state index in [-0.39, 0.29) is 5.41 Å². The zero-order valence-electron chi connectivity index (χ0n) is 10.6. The second-order valence-corrected chi connectivity index (χ2v) is 5.53. The summed E-state index contributed by atoms with van der Waals surface area (Å²) in [5, 5.41) is 0. The summed E-state index contributed by atoms with van der Waals surface area (Å²) in [6, 6.07) is 7.37.